The van der Waals surface area contributed by atoms with Crippen molar-refractivity contribution in [3.63, 3.8) is 0 Å². The Kier molecular flexibility index (Phi) is 4.50. The number of carbonyl (C=O) groups is 2. The number of carboxylic acid groups (broad SMARTS) is 1. The molecule has 1 aliphatic rings. The lowest BCUT2D eigenvalue weighted by Gasteiger charge is -2.32. The van der Waals surface area contributed by atoms with E-state index in [2.05, 4.69) is 5.10 Å². The second-order valence-corrected chi connectivity index (χ2v) is 5.74. The van der Waals surface area contributed by atoms with Crippen molar-refractivity contribution in [3.05, 3.63) is 47.8 Å². The summed E-state index contributed by atoms with van der Waals surface area (Å²) in [5.41, 5.74) is 0.744. The van der Waals surface area contributed by atoms with Crippen molar-refractivity contribution in [3.8, 4) is 5.75 Å². The normalized spacial score (nSPS) is 15.3. The highest BCUT2D eigenvalue weighted by molar-refractivity contribution is 5.97. The molecule has 1 aliphatic heterocycles. The van der Waals surface area contributed by atoms with Crippen LogP contribution in [0.2, 0.25) is 0 Å². The summed E-state index contributed by atoms with van der Waals surface area (Å²) in [6, 6.07) is 7.30. The van der Waals surface area contributed by atoms with Crippen LogP contribution >= 0.6 is 0 Å². The maximum absolute atomic E-state index is 12.7. The summed E-state index contributed by atoms with van der Waals surface area (Å²) >= 11 is 0. The number of carboxylic acids is 1. The first kappa shape index (κ1) is 16.0. The molecule has 1 aromatic heterocycles. The monoisotopic (exact) mass is 329 g/mol. The maximum atomic E-state index is 12.7. The average Bonchev–Trinajstić information content (AvgIpc) is 3.11. The molecule has 1 amide bonds. The highest BCUT2D eigenvalue weighted by atomic mass is 16.5. The van der Waals surface area contributed by atoms with Gasteiger partial charge in [-0.25, -0.2) is 4.79 Å². The Morgan fingerprint density at radius 2 is 1.96 bits per heavy atom. The van der Waals surface area contributed by atoms with Gasteiger partial charge in [0.1, 0.15) is 5.75 Å². The smallest absolute Gasteiger partial charge is 0.338 e. The number of aromatic carboxylic acids is 1. The number of nitrogens with zero attached hydrogens (tertiary/aromatic N) is 3. The van der Waals surface area contributed by atoms with E-state index in [1.807, 2.05) is 12.1 Å². The molecule has 1 N–H and O–H groups in total. The van der Waals surface area contributed by atoms with Gasteiger partial charge in [0.05, 0.1) is 30.5 Å². The van der Waals surface area contributed by atoms with Crippen LogP contribution in [0.25, 0.3) is 0 Å². The number of piperidine rings is 1. The number of carbonyl (C=O) groups excluding carboxylic acids is 1. The van der Waals surface area contributed by atoms with Crippen LogP contribution in [0.4, 0.5) is 0 Å². The van der Waals surface area contributed by atoms with E-state index in [0.717, 1.165) is 12.8 Å². The molecule has 0 atom stereocenters. The van der Waals surface area contributed by atoms with Gasteiger partial charge in [0.2, 0.25) is 0 Å². The molecule has 1 aromatic carbocycles. The van der Waals surface area contributed by atoms with Gasteiger partial charge in [-0.3, -0.25) is 9.48 Å². The summed E-state index contributed by atoms with van der Waals surface area (Å²) < 4.78 is 6.94. The largest absolute Gasteiger partial charge is 0.496 e. The average molecular weight is 329 g/mol. The fourth-order valence-corrected chi connectivity index (χ4v) is 2.97. The van der Waals surface area contributed by atoms with Crippen molar-refractivity contribution in [2.24, 2.45) is 0 Å². The number of amides is 1. The zero-order valence-electron chi connectivity index (χ0n) is 13.4. The Morgan fingerprint density at radius 1 is 1.25 bits per heavy atom. The van der Waals surface area contributed by atoms with Gasteiger partial charge >= 0.3 is 5.97 Å². The van der Waals surface area contributed by atoms with Crippen LogP contribution in [0.15, 0.2) is 36.7 Å². The second kappa shape index (κ2) is 6.74. The van der Waals surface area contributed by atoms with Gasteiger partial charge in [-0.15, -0.1) is 0 Å². The van der Waals surface area contributed by atoms with Crippen molar-refractivity contribution in [2.45, 2.75) is 18.9 Å². The van der Waals surface area contributed by atoms with Crippen LogP contribution in [0, 0.1) is 0 Å². The summed E-state index contributed by atoms with van der Waals surface area (Å²) in [5, 5.41) is 13.1. The number of para-hydroxylation sites is 1. The Bertz CT molecular complexity index is 748. The molecule has 7 heteroatoms. The summed E-state index contributed by atoms with van der Waals surface area (Å²) in [4.78, 5) is 25.4. The van der Waals surface area contributed by atoms with Gasteiger partial charge in [-0.2, -0.15) is 5.10 Å². The fraction of sp³-hybridized carbons (Fsp3) is 0.353. The van der Waals surface area contributed by atoms with E-state index < -0.39 is 5.97 Å². The lowest BCUT2D eigenvalue weighted by molar-refractivity contribution is 0.0685. The van der Waals surface area contributed by atoms with Gasteiger partial charge in [-0.1, -0.05) is 12.1 Å². The van der Waals surface area contributed by atoms with E-state index in [0.29, 0.717) is 24.4 Å². The topological polar surface area (TPSA) is 84.7 Å². The van der Waals surface area contributed by atoms with Gasteiger partial charge in [0, 0.05) is 19.3 Å². The molecule has 1 fully saturated rings. The molecule has 0 unspecified atom stereocenters. The number of methoxy groups -OCH3 is 1. The molecule has 3 rings (SSSR count). The fourth-order valence-electron chi connectivity index (χ4n) is 2.97. The van der Waals surface area contributed by atoms with Gasteiger partial charge < -0.3 is 14.7 Å². The minimum Gasteiger partial charge on any atom is -0.496 e. The first-order valence-electron chi connectivity index (χ1n) is 7.80. The molecule has 0 saturated carbocycles. The summed E-state index contributed by atoms with van der Waals surface area (Å²) in [5.74, 6) is -0.453. The van der Waals surface area contributed by atoms with Crippen molar-refractivity contribution >= 4 is 11.9 Å². The molecule has 1 saturated heterocycles. The van der Waals surface area contributed by atoms with Crippen LogP contribution in [0.3, 0.4) is 0 Å². The number of benzene rings is 1. The minimum absolute atomic E-state index is 0.0439. The lowest BCUT2D eigenvalue weighted by atomic mass is 10.0. The predicted octanol–water partition coefficient (Wildman–Crippen LogP) is 2.07. The Balaban J connectivity index is 1.66. The molecule has 0 radical (unpaired) electrons. The van der Waals surface area contributed by atoms with Crippen molar-refractivity contribution < 1.29 is 19.4 Å². The third-order valence-corrected chi connectivity index (χ3v) is 4.31. The highest BCUT2D eigenvalue weighted by Crippen LogP contribution is 2.25. The van der Waals surface area contributed by atoms with Gasteiger partial charge in [0.15, 0.2) is 0 Å². The van der Waals surface area contributed by atoms with E-state index in [1.54, 1.807) is 35.0 Å². The minimum atomic E-state index is -0.981. The zero-order chi connectivity index (χ0) is 17.1. The lowest BCUT2D eigenvalue weighted by Crippen LogP contribution is -2.39. The molecule has 7 nitrogen and oxygen atoms in total. The summed E-state index contributed by atoms with van der Waals surface area (Å²) in [7, 11) is 1.55. The van der Waals surface area contributed by atoms with E-state index >= 15 is 0 Å². The van der Waals surface area contributed by atoms with E-state index in [1.165, 1.54) is 6.20 Å². The first-order valence-corrected chi connectivity index (χ1v) is 7.80. The third-order valence-electron chi connectivity index (χ3n) is 4.31. The van der Waals surface area contributed by atoms with Crippen molar-refractivity contribution in [1.82, 2.24) is 14.7 Å². The van der Waals surface area contributed by atoms with Crippen LogP contribution in [0.5, 0.6) is 5.75 Å². The van der Waals surface area contributed by atoms with E-state index in [4.69, 9.17) is 9.84 Å². The van der Waals surface area contributed by atoms with E-state index in [9.17, 15) is 9.59 Å². The van der Waals surface area contributed by atoms with E-state index in [-0.39, 0.29) is 17.5 Å². The molecule has 126 valence electrons. The summed E-state index contributed by atoms with van der Waals surface area (Å²) in [6.45, 7) is 1.20. The first-order chi connectivity index (χ1) is 11.6. The molecule has 2 aromatic rings. The van der Waals surface area contributed by atoms with Crippen molar-refractivity contribution in [1.29, 1.82) is 0 Å². The third kappa shape index (κ3) is 3.10. The molecule has 0 spiro atoms. The molecule has 0 aliphatic carbocycles. The van der Waals surface area contributed by atoms with Gasteiger partial charge in [-0.05, 0) is 25.0 Å². The number of ether oxygens (including phenoxy) is 1. The van der Waals surface area contributed by atoms with Gasteiger partial charge in [0.25, 0.3) is 5.91 Å². The SMILES string of the molecule is COc1ccccc1C(=O)N1CCC(n2cc(C(=O)O)cn2)CC1. The number of rotatable bonds is 4. The Hall–Kier alpha value is -2.83. The number of hydrogen-bond donors (Lipinski definition) is 1. The quantitative estimate of drug-likeness (QED) is 0.928. The predicted molar refractivity (Wildman–Crippen MR) is 86.4 cm³/mol. The maximum Gasteiger partial charge on any atom is 0.338 e. The zero-order valence-corrected chi connectivity index (χ0v) is 13.4. The number of likely N-dealkylation sites (tertiary alicyclic amines) is 1. The van der Waals surface area contributed by atoms with Crippen LogP contribution < -0.4 is 4.74 Å². The Morgan fingerprint density at radius 3 is 2.58 bits per heavy atom. The van der Waals surface area contributed by atoms with Crippen molar-refractivity contribution in [2.75, 3.05) is 20.2 Å². The summed E-state index contributed by atoms with van der Waals surface area (Å²) in [6.07, 6.45) is 4.38. The van der Waals surface area contributed by atoms with Crippen LogP contribution in [-0.4, -0.2) is 51.9 Å². The molecular weight excluding hydrogens is 310 g/mol. The van der Waals surface area contributed by atoms with Crippen LogP contribution in [-0.2, 0) is 0 Å². The molecule has 24 heavy (non-hydrogen) atoms. The molecule has 2 heterocycles. The second-order valence-electron chi connectivity index (χ2n) is 5.74. The number of hydrogen-bond acceptors (Lipinski definition) is 4. The standard InChI is InChI=1S/C17H19N3O4/c1-24-15-5-3-2-4-14(15)16(21)19-8-6-13(7-9-19)20-11-12(10-18-20)17(22)23/h2-5,10-11,13H,6-9H2,1H3,(H,22,23). The highest BCUT2D eigenvalue weighted by Gasteiger charge is 2.26. The molecular formula is C17H19N3O4. The van der Waals surface area contributed by atoms with Crippen LogP contribution in [0.1, 0.15) is 39.6 Å². The Labute approximate surface area is 139 Å². The molecule has 0 bridgehead atoms. The number of aromatic nitrogens is 2.